The van der Waals surface area contributed by atoms with Gasteiger partial charge in [-0.25, -0.2) is 0 Å². The lowest BCUT2D eigenvalue weighted by atomic mass is 10.1. The summed E-state index contributed by atoms with van der Waals surface area (Å²) in [4.78, 5) is 27.0. The molecule has 8 heteroatoms. The number of ether oxygens (including phenoxy) is 2. The van der Waals surface area contributed by atoms with Crippen molar-refractivity contribution in [2.45, 2.75) is 26.0 Å². The van der Waals surface area contributed by atoms with Gasteiger partial charge in [0.15, 0.2) is 6.10 Å². The Morgan fingerprint density at radius 2 is 1.89 bits per heavy atom. The van der Waals surface area contributed by atoms with Gasteiger partial charge in [-0.2, -0.15) is 0 Å². The average molecular weight is 409 g/mol. The van der Waals surface area contributed by atoms with Crippen LogP contribution in [0, 0.1) is 0 Å². The Morgan fingerprint density at radius 3 is 2.59 bits per heavy atom. The highest BCUT2D eigenvalue weighted by Crippen LogP contribution is 2.37. The van der Waals surface area contributed by atoms with E-state index in [1.807, 2.05) is 0 Å². The van der Waals surface area contributed by atoms with Crippen LogP contribution in [0.1, 0.15) is 13.8 Å². The van der Waals surface area contributed by atoms with Crippen molar-refractivity contribution in [3.8, 4) is 11.5 Å². The zero-order chi connectivity index (χ0) is 19.7. The lowest BCUT2D eigenvalue weighted by Gasteiger charge is -2.36. The minimum absolute atomic E-state index is 0.328. The normalized spacial score (nSPS) is 17.0. The van der Waals surface area contributed by atoms with Gasteiger partial charge in [0, 0.05) is 10.0 Å². The highest BCUT2D eigenvalue weighted by Gasteiger charge is 2.37. The maximum atomic E-state index is 12.9. The van der Waals surface area contributed by atoms with E-state index in [0.717, 1.165) is 0 Å². The highest BCUT2D eigenvalue weighted by atomic mass is 35.5. The first kappa shape index (κ1) is 19.3. The van der Waals surface area contributed by atoms with Crippen LogP contribution in [0.4, 0.5) is 11.4 Å². The molecular weight excluding hydrogens is 391 g/mol. The third-order valence-electron chi connectivity index (χ3n) is 4.26. The number of nitrogens with one attached hydrogen (secondary N) is 1. The maximum absolute atomic E-state index is 12.9. The third kappa shape index (κ3) is 3.82. The van der Waals surface area contributed by atoms with Crippen molar-refractivity contribution in [1.82, 2.24) is 0 Å². The van der Waals surface area contributed by atoms with Crippen molar-refractivity contribution in [3.63, 3.8) is 0 Å². The highest BCUT2D eigenvalue weighted by molar-refractivity contribution is 6.31. The minimum Gasteiger partial charge on any atom is -0.495 e. The molecule has 1 heterocycles. The second kappa shape index (κ2) is 7.66. The molecule has 0 aliphatic carbocycles. The molecule has 2 atom stereocenters. The van der Waals surface area contributed by atoms with E-state index < -0.39 is 18.1 Å². The molecule has 2 aromatic rings. The number of amides is 2. The Balaban J connectivity index is 1.92. The van der Waals surface area contributed by atoms with Crippen LogP contribution in [0.5, 0.6) is 11.5 Å². The molecule has 2 amide bonds. The Hall–Kier alpha value is -2.44. The van der Waals surface area contributed by atoms with Crippen molar-refractivity contribution in [2.24, 2.45) is 0 Å². The van der Waals surface area contributed by atoms with E-state index in [-0.39, 0.29) is 5.91 Å². The Bertz CT molecular complexity index is 903. The van der Waals surface area contributed by atoms with Gasteiger partial charge in [-0.15, -0.1) is 0 Å². The number of carbonyl (C=O) groups is 2. The van der Waals surface area contributed by atoms with E-state index in [0.29, 0.717) is 32.9 Å². The van der Waals surface area contributed by atoms with Gasteiger partial charge in [-0.05, 0) is 50.2 Å². The number of carbonyl (C=O) groups excluding carboxylic acids is 2. The topological polar surface area (TPSA) is 67.9 Å². The lowest BCUT2D eigenvalue weighted by molar-refractivity contribution is -0.128. The van der Waals surface area contributed by atoms with Gasteiger partial charge in [-0.3, -0.25) is 14.5 Å². The molecule has 0 saturated heterocycles. The number of hydrogen-bond acceptors (Lipinski definition) is 4. The van der Waals surface area contributed by atoms with Crippen LogP contribution >= 0.6 is 23.2 Å². The zero-order valence-corrected chi connectivity index (χ0v) is 16.5. The average Bonchev–Trinajstić information content (AvgIpc) is 2.63. The van der Waals surface area contributed by atoms with E-state index in [2.05, 4.69) is 5.32 Å². The predicted octanol–water partition coefficient (Wildman–Crippen LogP) is 4.14. The molecule has 2 aromatic carbocycles. The van der Waals surface area contributed by atoms with Gasteiger partial charge in [0.1, 0.15) is 17.5 Å². The quantitative estimate of drug-likeness (QED) is 0.824. The molecule has 0 spiro atoms. The first-order valence-electron chi connectivity index (χ1n) is 8.25. The van der Waals surface area contributed by atoms with Crippen LogP contribution in [0.2, 0.25) is 10.0 Å². The second-order valence-electron chi connectivity index (χ2n) is 6.09. The molecule has 6 nitrogen and oxygen atoms in total. The standard InChI is InChI=1S/C19H18Cl2N2O4/c1-10(18(24)22-14-8-12(20)4-6-16(14)26-3)23-15-9-13(21)5-7-17(15)27-11(2)19(23)25/h4-11H,1-3H3,(H,22,24). The molecule has 0 aromatic heterocycles. The van der Waals surface area contributed by atoms with Crippen LogP contribution in [0.25, 0.3) is 0 Å². The fourth-order valence-corrected chi connectivity index (χ4v) is 3.20. The third-order valence-corrected chi connectivity index (χ3v) is 4.73. The zero-order valence-electron chi connectivity index (χ0n) is 15.0. The number of halogens is 2. The molecule has 0 fully saturated rings. The first-order valence-corrected chi connectivity index (χ1v) is 9.01. The summed E-state index contributed by atoms with van der Waals surface area (Å²) in [5.74, 6) is 0.228. The predicted molar refractivity (Wildman–Crippen MR) is 105 cm³/mol. The molecule has 0 bridgehead atoms. The largest absolute Gasteiger partial charge is 0.495 e. The van der Waals surface area contributed by atoms with Crippen molar-refractivity contribution in [2.75, 3.05) is 17.3 Å². The van der Waals surface area contributed by atoms with Gasteiger partial charge >= 0.3 is 0 Å². The van der Waals surface area contributed by atoms with Crippen molar-refractivity contribution in [3.05, 3.63) is 46.4 Å². The summed E-state index contributed by atoms with van der Waals surface area (Å²) in [5, 5.41) is 3.65. The molecule has 0 saturated carbocycles. The summed E-state index contributed by atoms with van der Waals surface area (Å²) in [6.07, 6.45) is -0.713. The van der Waals surface area contributed by atoms with Crippen LogP contribution < -0.4 is 19.7 Å². The van der Waals surface area contributed by atoms with Crippen molar-refractivity contribution >= 4 is 46.4 Å². The summed E-state index contributed by atoms with van der Waals surface area (Å²) < 4.78 is 10.9. The van der Waals surface area contributed by atoms with Gasteiger partial charge < -0.3 is 14.8 Å². The van der Waals surface area contributed by atoms with E-state index in [9.17, 15) is 9.59 Å². The monoisotopic (exact) mass is 408 g/mol. The summed E-state index contributed by atoms with van der Waals surface area (Å²) in [6.45, 7) is 3.27. The molecule has 27 heavy (non-hydrogen) atoms. The van der Waals surface area contributed by atoms with Crippen molar-refractivity contribution < 1.29 is 19.1 Å². The molecule has 1 aliphatic rings. The summed E-state index contributed by atoms with van der Waals surface area (Å²) in [6, 6.07) is 9.03. The van der Waals surface area contributed by atoms with Crippen LogP contribution in [-0.4, -0.2) is 31.1 Å². The second-order valence-corrected chi connectivity index (χ2v) is 6.96. The van der Waals surface area contributed by atoms with E-state index in [1.165, 1.54) is 12.0 Å². The molecular formula is C19H18Cl2N2O4. The summed E-state index contributed by atoms with van der Waals surface area (Å²) >= 11 is 12.1. The van der Waals surface area contributed by atoms with Crippen molar-refractivity contribution in [1.29, 1.82) is 0 Å². The fourth-order valence-electron chi connectivity index (χ4n) is 2.87. The van der Waals surface area contributed by atoms with Gasteiger partial charge in [-0.1, -0.05) is 23.2 Å². The maximum Gasteiger partial charge on any atom is 0.268 e. The Kier molecular flexibility index (Phi) is 5.48. The molecule has 1 aliphatic heterocycles. The Morgan fingerprint density at radius 1 is 1.22 bits per heavy atom. The number of anilines is 2. The molecule has 2 unspecified atom stereocenters. The molecule has 142 valence electrons. The van der Waals surface area contributed by atoms with E-state index in [4.69, 9.17) is 32.7 Å². The lowest BCUT2D eigenvalue weighted by Crippen LogP contribution is -2.52. The fraction of sp³-hybridized carbons (Fsp3) is 0.263. The van der Waals surface area contributed by atoms with Gasteiger partial charge in [0.05, 0.1) is 18.5 Å². The van der Waals surface area contributed by atoms with Gasteiger partial charge in [0.2, 0.25) is 5.91 Å². The van der Waals surface area contributed by atoms with E-state index in [1.54, 1.807) is 50.2 Å². The molecule has 1 N–H and O–H groups in total. The summed E-state index contributed by atoms with van der Waals surface area (Å²) in [5.41, 5.74) is 0.869. The molecule has 0 radical (unpaired) electrons. The first-order chi connectivity index (χ1) is 12.8. The molecule has 3 rings (SSSR count). The smallest absolute Gasteiger partial charge is 0.268 e. The minimum atomic E-state index is -0.815. The number of benzene rings is 2. The van der Waals surface area contributed by atoms with Crippen LogP contribution in [-0.2, 0) is 9.59 Å². The number of rotatable bonds is 4. The number of methoxy groups -OCH3 is 1. The summed E-state index contributed by atoms with van der Waals surface area (Å²) in [7, 11) is 1.49. The Labute approximate surface area is 167 Å². The number of hydrogen-bond donors (Lipinski definition) is 1. The van der Waals surface area contributed by atoms with Gasteiger partial charge in [0.25, 0.3) is 5.91 Å². The number of fused-ring (bicyclic) bond motifs is 1. The van der Waals surface area contributed by atoms with Crippen LogP contribution in [0.3, 0.4) is 0 Å². The van der Waals surface area contributed by atoms with E-state index >= 15 is 0 Å². The number of nitrogens with zero attached hydrogens (tertiary/aromatic N) is 1. The van der Waals surface area contributed by atoms with Crippen LogP contribution in [0.15, 0.2) is 36.4 Å². The SMILES string of the molecule is COc1ccc(Cl)cc1NC(=O)C(C)N1C(=O)C(C)Oc2ccc(Cl)cc21.